The van der Waals surface area contributed by atoms with Gasteiger partial charge in [-0.25, -0.2) is 8.42 Å². The largest absolute Gasteiger partial charge is 0.481 e. The Labute approximate surface area is 120 Å². The molecule has 118 valence electrons. The van der Waals surface area contributed by atoms with Gasteiger partial charge < -0.3 is 10.2 Å². The maximum absolute atomic E-state index is 12.4. The van der Waals surface area contributed by atoms with Gasteiger partial charge in [-0.1, -0.05) is 0 Å². The molecule has 0 spiro atoms. The Hall–Kier alpha value is -1.66. The number of hydrogen-bond donors (Lipinski definition) is 3. The maximum Gasteiger partial charge on any atom is 0.425 e. The smallest absolute Gasteiger partial charge is 0.425 e. The predicted molar refractivity (Wildman–Crippen MR) is 63.3 cm³/mol. The van der Waals surface area contributed by atoms with Gasteiger partial charge in [0.05, 0.1) is 6.42 Å². The first kappa shape index (κ1) is 17.4. The zero-order valence-electron chi connectivity index (χ0n) is 9.92. The van der Waals surface area contributed by atoms with Crippen LogP contribution in [0.25, 0.3) is 0 Å². The molecular formula is C9H8F3NO6S2. The molecule has 3 N–H and O–H groups in total. The molecule has 0 saturated carbocycles. The fourth-order valence-corrected chi connectivity index (χ4v) is 3.60. The van der Waals surface area contributed by atoms with Crippen molar-refractivity contribution >= 4 is 33.3 Å². The summed E-state index contributed by atoms with van der Waals surface area (Å²) in [5.41, 5.74) is 0. The van der Waals surface area contributed by atoms with E-state index in [2.05, 4.69) is 0 Å². The van der Waals surface area contributed by atoms with Gasteiger partial charge in [0.1, 0.15) is 15.1 Å². The number of carboxylic acids is 2. The van der Waals surface area contributed by atoms with E-state index in [4.69, 9.17) is 10.2 Å². The maximum atomic E-state index is 12.4. The van der Waals surface area contributed by atoms with Crippen LogP contribution in [0.5, 0.6) is 0 Å². The molecule has 0 radical (unpaired) electrons. The van der Waals surface area contributed by atoms with Crippen molar-refractivity contribution in [3.05, 3.63) is 17.0 Å². The lowest BCUT2D eigenvalue weighted by Crippen LogP contribution is -2.41. The summed E-state index contributed by atoms with van der Waals surface area (Å²) in [7, 11) is -4.57. The third-order valence-corrected chi connectivity index (χ3v) is 5.19. The number of nitrogens with one attached hydrogen (secondary N) is 1. The molecule has 0 aromatic carbocycles. The van der Waals surface area contributed by atoms with Gasteiger partial charge >= 0.3 is 18.1 Å². The van der Waals surface area contributed by atoms with E-state index in [9.17, 15) is 31.2 Å². The van der Waals surface area contributed by atoms with Gasteiger partial charge in [-0.15, -0.1) is 11.3 Å². The van der Waals surface area contributed by atoms with E-state index >= 15 is 0 Å². The fraction of sp³-hybridized carbons (Fsp3) is 0.333. The molecule has 0 aliphatic rings. The van der Waals surface area contributed by atoms with Crippen LogP contribution >= 0.6 is 11.3 Å². The lowest BCUT2D eigenvalue weighted by molar-refractivity contribution is -0.145. The van der Waals surface area contributed by atoms with E-state index < -0.39 is 49.7 Å². The van der Waals surface area contributed by atoms with Crippen molar-refractivity contribution in [2.24, 2.45) is 0 Å². The van der Waals surface area contributed by atoms with Crippen LogP contribution in [0.2, 0.25) is 0 Å². The van der Waals surface area contributed by atoms with Crippen molar-refractivity contribution < 1.29 is 41.4 Å². The Balaban J connectivity index is 3.02. The molecule has 0 amide bonds. The average molecular weight is 347 g/mol. The number of aliphatic carboxylic acids is 2. The number of carboxylic acid groups (broad SMARTS) is 2. The van der Waals surface area contributed by atoms with Crippen molar-refractivity contribution in [3.63, 3.8) is 0 Å². The highest BCUT2D eigenvalue weighted by Gasteiger charge is 2.35. The lowest BCUT2D eigenvalue weighted by Gasteiger charge is -2.11. The van der Waals surface area contributed by atoms with E-state index in [1.807, 2.05) is 0 Å². The summed E-state index contributed by atoms with van der Waals surface area (Å²) in [6.45, 7) is 0. The quantitative estimate of drug-likeness (QED) is 0.705. The highest BCUT2D eigenvalue weighted by atomic mass is 32.2. The second kappa shape index (κ2) is 5.99. The first-order chi connectivity index (χ1) is 9.43. The molecule has 0 saturated heterocycles. The third-order valence-electron chi connectivity index (χ3n) is 2.10. The molecule has 12 heteroatoms. The number of sulfonamides is 1. The monoisotopic (exact) mass is 347 g/mol. The Morgan fingerprint density at radius 1 is 1.29 bits per heavy atom. The van der Waals surface area contributed by atoms with Crippen molar-refractivity contribution in [3.8, 4) is 0 Å². The van der Waals surface area contributed by atoms with Gasteiger partial charge in [0.2, 0.25) is 0 Å². The number of rotatable bonds is 6. The Morgan fingerprint density at radius 3 is 2.24 bits per heavy atom. The Morgan fingerprint density at radius 2 is 1.86 bits per heavy atom. The summed E-state index contributed by atoms with van der Waals surface area (Å²) in [6, 6.07) is -0.786. The van der Waals surface area contributed by atoms with E-state index in [0.717, 1.165) is 0 Å². The number of alkyl halides is 3. The van der Waals surface area contributed by atoms with Crippen LogP contribution in [0.15, 0.2) is 16.3 Å². The molecule has 1 aromatic heterocycles. The number of halogens is 3. The summed E-state index contributed by atoms with van der Waals surface area (Å²) in [5, 5.41) is 17.2. The van der Waals surface area contributed by atoms with Gasteiger partial charge in [-0.3, -0.25) is 9.59 Å². The summed E-state index contributed by atoms with van der Waals surface area (Å²) < 4.78 is 61.4. The summed E-state index contributed by atoms with van der Waals surface area (Å²) >= 11 is -0.0965. The van der Waals surface area contributed by atoms with Crippen molar-refractivity contribution in [2.45, 2.75) is 22.8 Å². The fourth-order valence-electron chi connectivity index (χ4n) is 1.22. The summed E-state index contributed by atoms with van der Waals surface area (Å²) in [5.74, 6) is -3.33. The average Bonchev–Trinajstić information content (AvgIpc) is 2.76. The second-order valence-electron chi connectivity index (χ2n) is 3.73. The van der Waals surface area contributed by atoms with Crippen LogP contribution in [0.1, 0.15) is 11.3 Å². The van der Waals surface area contributed by atoms with E-state index in [-0.39, 0.29) is 11.3 Å². The molecule has 0 aliphatic heterocycles. The van der Waals surface area contributed by atoms with Gasteiger partial charge in [0.15, 0.2) is 0 Å². The summed E-state index contributed by atoms with van der Waals surface area (Å²) in [4.78, 5) is 20.0. The Kier molecular flexibility index (Phi) is 4.96. The number of carbonyl (C=O) groups is 2. The van der Waals surface area contributed by atoms with Crippen LogP contribution in [0.3, 0.4) is 0 Å². The number of hydrogen-bond acceptors (Lipinski definition) is 5. The predicted octanol–water partition coefficient (Wildman–Crippen LogP) is 0.973. The lowest BCUT2D eigenvalue weighted by atomic mass is 10.2. The first-order valence-corrected chi connectivity index (χ1v) is 7.37. The standard InChI is InChI=1S/C9H8F3NO6S2/c10-9(11,12)5-1-2-7(20-5)21(18,19)13-4(8(16)17)3-6(14)15/h1-2,4,13H,3H2,(H,14,15)(H,16,17). The molecule has 1 heterocycles. The van der Waals surface area contributed by atoms with Crippen molar-refractivity contribution in [2.75, 3.05) is 0 Å². The van der Waals surface area contributed by atoms with Gasteiger partial charge in [-0.05, 0) is 12.1 Å². The zero-order chi connectivity index (χ0) is 16.4. The minimum atomic E-state index is -4.73. The van der Waals surface area contributed by atoms with Crippen molar-refractivity contribution in [1.82, 2.24) is 4.72 Å². The Bertz CT molecular complexity index is 651. The highest BCUT2D eigenvalue weighted by molar-refractivity contribution is 7.91. The number of thiophene rings is 1. The van der Waals surface area contributed by atoms with Crippen LogP contribution in [0, 0.1) is 0 Å². The molecular weight excluding hydrogens is 339 g/mol. The minimum absolute atomic E-state index is 0.0965. The molecule has 0 bridgehead atoms. The van der Waals surface area contributed by atoms with Crippen molar-refractivity contribution in [1.29, 1.82) is 0 Å². The second-order valence-corrected chi connectivity index (χ2v) is 6.75. The molecule has 1 rings (SSSR count). The van der Waals surface area contributed by atoms with Crippen LogP contribution in [0.4, 0.5) is 13.2 Å². The molecule has 0 aliphatic carbocycles. The third kappa shape index (κ3) is 4.68. The first-order valence-electron chi connectivity index (χ1n) is 5.07. The topological polar surface area (TPSA) is 121 Å². The SMILES string of the molecule is O=C(O)CC(NS(=O)(=O)c1ccc(C(F)(F)F)s1)C(=O)O. The molecule has 0 fully saturated rings. The highest BCUT2D eigenvalue weighted by Crippen LogP contribution is 2.36. The normalized spacial score (nSPS) is 13.9. The van der Waals surface area contributed by atoms with Gasteiger partial charge in [0.25, 0.3) is 10.0 Å². The summed E-state index contributed by atoms with van der Waals surface area (Å²) in [6.07, 6.45) is -5.78. The van der Waals surface area contributed by atoms with E-state index in [1.165, 1.54) is 0 Å². The van der Waals surface area contributed by atoms with Gasteiger partial charge in [0, 0.05) is 0 Å². The van der Waals surface area contributed by atoms with Gasteiger partial charge in [-0.2, -0.15) is 17.9 Å². The molecule has 1 unspecified atom stereocenters. The molecule has 21 heavy (non-hydrogen) atoms. The molecule has 1 aromatic rings. The minimum Gasteiger partial charge on any atom is -0.481 e. The van der Waals surface area contributed by atoms with Crippen LogP contribution in [-0.4, -0.2) is 36.6 Å². The molecule has 7 nitrogen and oxygen atoms in total. The van der Waals surface area contributed by atoms with E-state index in [0.29, 0.717) is 12.1 Å². The zero-order valence-corrected chi connectivity index (χ0v) is 11.5. The van der Waals surface area contributed by atoms with Crippen LogP contribution < -0.4 is 4.72 Å². The van der Waals surface area contributed by atoms with E-state index in [1.54, 1.807) is 4.72 Å². The molecule has 1 atom stereocenters. The van der Waals surface area contributed by atoms with Crippen LogP contribution in [-0.2, 0) is 25.8 Å².